The van der Waals surface area contributed by atoms with Crippen molar-refractivity contribution in [2.75, 3.05) is 0 Å². The van der Waals surface area contributed by atoms with Crippen LogP contribution in [0.2, 0.25) is 0 Å². The number of thioether (sulfide) groups is 1. The number of nitriles is 1. The summed E-state index contributed by atoms with van der Waals surface area (Å²) in [7, 11) is 0. The van der Waals surface area contributed by atoms with Crippen molar-refractivity contribution in [3.63, 3.8) is 0 Å². The average Bonchev–Trinajstić information content (AvgIpc) is 2.26. The molecular weight excluding hydrogens is 210 g/mol. The fraction of sp³-hybridized carbons (Fsp3) is 0.500. The molecule has 0 amide bonds. The van der Waals surface area contributed by atoms with Gasteiger partial charge in [-0.15, -0.1) is 0 Å². The molecule has 1 aromatic heterocycles. The number of rotatable bonds is 4. The lowest BCUT2D eigenvalue weighted by atomic mass is 10.4. The summed E-state index contributed by atoms with van der Waals surface area (Å²) in [6.45, 7) is 4.25. The molecule has 4 nitrogen and oxygen atoms in total. The lowest BCUT2D eigenvalue weighted by Gasteiger charge is -2.06. The van der Waals surface area contributed by atoms with Crippen LogP contribution in [0.4, 0.5) is 0 Å². The van der Waals surface area contributed by atoms with Crippen LogP contribution >= 0.6 is 11.8 Å². The number of nitrogens with zero attached hydrogens (tertiary/aromatic N) is 2. The Morgan fingerprint density at radius 3 is 3.00 bits per heavy atom. The minimum atomic E-state index is -0.354. The number of hydrogen-bond donors (Lipinski definition) is 1. The first-order chi connectivity index (χ1) is 7.17. The van der Waals surface area contributed by atoms with Crippen LogP contribution in [-0.2, 0) is 5.75 Å². The maximum absolute atomic E-state index is 11.3. The molecule has 0 fully saturated rings. The Hall–Kier alpha value is -1.28. The Balaban J connectivity index is 2.69. The lowest BCUT2D eigenvalue weighted by Crippen LogP contribution is -2.14. The number of aromatic amines is 1. The molecule has 5 heteroatoms. The van der Waals surface area contributed by atoms with E-state index in [1.54, 1.807) is 17.8 Å². The third-order valence-electron chi connectivity index (χ3n) is 2.05. The molecule has 0 saturated heterocycles. The van der Waals surface area contributed by atoms with E-state index in [9.17, 15) is 4.79 Å². The predicted octanol–water partition coefficient (Wildman–Crippen LogP) is 1.67. The highest BCUT2D eigenvalue weighted by atomic mass is 32.2. The van der Waals surface area contributed by atoms with E-state index in [2.05, 4.69) is 23.8 Å². The van der Waals surface area contributed by atoms with Crippen molar-refractivity contribution < 1.29 is 0 Å². The predicted molar refractivity (Wildman–Crippen MR) is 60.6 cm³/mol. The molecule has 0 spiro atoms. The monoisotopic (exact) mass is 223 g/mol. The molecular formula is C10H13N3OS. The Kier molecular flexibility index (Phi) is 4.37. The van der Waals surface area contributed by atoms with Crippen molar-refractivity contribution in [1.29, 1.82) is 5.26 Å². The first kappa shape index (κ1) is 11.8. The summed E-state index contributed by atoms with van der Waals surface area (Å²) in [6, 6.07) is 1.79. The normalized spacial score (nSPS) is 12.1. The molecule has 0 aliphatic rings. The van der Waals surface area contributed by atoms with Crippen LogP contribution in [0.5, 0.6) is 0 Å². The highest BCUT2D eigenvalue weighted by Crippen LogP contribution is 2.16. The number of hydrogen-bond acceptors (Lipinski definition) is 4. The van der Waals surface area contributed by atoms with E-state index < -0.39 is 0 Å². The zero-order chi connectivity index (χ0) is 11.3. The van der Waals surface area contributed by atoms with Crippen molar-refractivity contribution in [2.45, 2.75) is 31.3 Å². The van der Waals surface area contributed by atoms with Crippen molar-refractivity contribution in [3.8, 4) is 6.07 Å². The second-order valence-corrected chi connectivity index (χ2v) is 4.64. The van der Waals surface area contributed by atoms with Gasteiger partial charge in [0.25, 0.3) is 5.56 Å². The number of H-pyrrole nitrogens is 1. The molecule has 0 saturated carbocycles. The van der Waals surface area contributed by atoms with Gasteiger partial charge in [-0.25, -0.2) is 4.98 Å². The fourth-order valence-electron chi connectivity index (χ4n) is 0.924. The van der Waals surface area contributed by atoms with Crippen LogP contribution in [0.25, 0.3) is 0 Å². The Labute approximate surface area is 92.7 Å². The third kappa shape index (κ3) is 3.40. The Morgan fingerprint density at radius 2 is 2.47 bits per heavy atom. The van der Waals surface area contributed by atoms with Gasteiger partial charge in [0.2, 0.25) is 0 Å². The molecule has 15 heavy (non-hydrogen) atoms. The van der Waals surface area contributed by atoms with E-state index in [4.69, 9.17) is 5.26 Å². The third-order valence-corrected chi connectivity index (χ3v) is 3.39. The van der Waals surface area contributed by atoms with Crippen LogP contribution < -0.4 is 5.56 Å². The first-order valence-electron chi connectivity index (χ1n) is 4.77. The summed E-state index contributed by atoms with van der Waals surface area (Å²) < 4.78 is 0. The van der Waals surface area contributed by atoms with Crippen LogP contribution in [0.15, 0.2) is 11.0 Å². The summed E-state index contributed by atoms with van der Waals surface area (Å²) in [6.07, 6.45) is 2.41. The minimum Gasteiger partial charge on any atom is -0.309 e. The van der Waals surface area contributed by atoms with E-state index in [-0.39, 0.29) is 11.1 Å². The summed E-state index contributed by atoms with van der Waals surface area (Å²) in [5, 5.41) is 9.10. The van der Waals surface area contributed by atoms with E-state index in [0.717, 1.165) is 6.42 Å². The van der Waals surface area contributed by atoms with Gasteiger partial charge in [0.1, 0.15) is 17.5 Å². The van der Waals surface area contributed by atoms with Crippen molar-refractivity contribution in [2.24, 2.45) is 0 Å². The van der Waals surface area contributed by atoms with E-state index >= 15 is 0 Å². The van der Waals surface area contributed by atoms with Crippen molar-refractivity contribution in [1.82, 2.24) is 9.97 Å². The van der Waals surface area contributed by atoms with E-state index in [1.165, 1.54) is 6.20 Å². The van der Waals surface area contributed by atoms with Gasteiger partial charge < -0.3 is 4.98 Å². The quantitative estimate of drug-likeness (QED) is 0.843. The molecule has 1 N–H and O–H groups in total. The van der Waals surface area contributed by atoms with Gasteiger partial charge in [-0.2, -0.15) is 17.0 Å². The van der Waals surface area contributed by atoms with Crippen LogP contribution in [0.1, 0.15) is 31.7 Å². The summed E-state index contributed by atoms with van der Waals surface area (Å²) in [4.78, 5) is 17.9. The summed E-state index contributed by atoms with van der Waals surface area (Å²) >= 11 is 1.74. The molecule has 0 aliphatic carbocycles. The second-order valence-electron chi connectivity index (χ2n) is 3.21. The zero-order valence-corrected chi connectivity index (χ0v) is 9.60. The van der Waals surface area contributed by atoms with E-state index in [1.807, 2.05) is 0 Å². The van der Waals surface area contributed by atoms with Gasteiger partial charge in [0, 0.05) is 5.25 Å². The van der Waals surface area contributed by atoms with Crippen molar-refractivity contribution >= 4 is 11.8 Å². The van der Waals surface area contributed by atoms with Gasteiger partial charge in [0.05, 0.1) is 11.9 Å². The number of nitrogens with one attached hydrogen (secondary N) is 1. The summed E-state index contributed by atoms with van der Waals surface area (Å²) in [5.74, 6) is 1.31. The molecule has 0 bridgehead atoms. The molecule has 1 unspecified atom stereocenters. The SMILES string of the molecule is CCC(C)SCc1ncc(C#N)c(=O)[nH]1. The highest BCUT2D eigenvalue weighted by molar-refractivity contribution is 7.99. The topological polar surface area (TPSA) is 69.5 Å². The Bertz CT molecular complexity index is 421. The van der Waals surface area contributed by atoms with Gasteiger partial charge in [-0.3, -0.25) is 4.79 Å². The van der Waals surface area contributed by atoms with Gasteiger partial charge in [-0.05, 0) is 6.42 Å². The lowest BCUT2D eigenvalue weighted by molar-refractivity contribution is 0.899. The van der Waals surface area contributed by atoms with Crippen LogP contribution in [0.3, 0.4) is 0 Å². The minimum absolute atomic E-state index is 0.0623. The van der Waals surface area contributed by atoms with Gasteiger partial charge >= 0.3 is 0 Å². The standard InChI is InChI=1S/C10H13N3OS/c1-3-7(2)15-6-9-12-5-8(4-11)10(14)13-9/h5,7H,3,6H2,1-2H3,(H,12,13,14). The molecule has 0 aliphatic heterocycles. The molecule has 1 aromatic rings. The first-order valence-corrected chi connectivity index (χ1v) is 5.82. The molecule has 0 aromatic carbocycles. The largest absolute Gasteiger partial charge is 0.309 e. The zero-order valence-electron chi connectivity index (χ0n) is 8.78. The maximum atomic E-state index is 11.3. The van der Waals surface area contributed by atoms with E-state index in [0.29, 0.717) is 16.8 Å². The second kappa shape index (κ2) is 5.56. The molecule has 80 valence electrons. The smallest absolute Gasteiger partial charge is 0.268 e. The fourth-order valence-corrected chi connectivity index (χ4v) is 1.75. The maximum Gasteiger partial charge on any atom is 0.268 e. The van der Waals surface area contributed by atoms with Crippen LogP contribution in [-0.4, -0.2) is 15.2 Å². The highest BCUT2D eigenvalue weighted by Gasteiger charge is 2.04. The summed E-state index contributed by atoms with van der Waals surface area (Å²) in [5.41, 5.74) is -0.292. The van der Waals surface area contributed by atoms with Crippen molar-refractivity contribution in [3.05, 3.63) is 27.9 Å². The average molecular weight is 223 g/mol. The van der Waals surface area contributed by atoms with Gasteiger partial charge in [0.15, 0.2) is 0 Å². The number of aromatic nitrogens is 2. The molecule has 1 rings (SSSR count). The molecule has 1 heterocycles. The van der Waals surface area contributed by atoms with Gasteiger partial charge in [-0.1, -0.05) is 13.8 Å². The molecule has 1 atom stereocenters. The molecule has 0 radical (unpaired) electrons. The van der Waals surface area contributed by atoms with Crippen LogP contribution in [0, 0.1) is 11.3 Å². The Morgan fingerprint density at radius 1 is 1.73 bits per heavy atom.